The molecule has 3 aromatic carbocycles. The molecule has 0 fully saturated rings. The molecule has 5 rings (SSSR count). The standard InChI is InChI=1S/C28H25N3O2/c1-18-9-11-20(12-10-18)31-27(29-25-8-6-5-7-23(25)28(31)32)16-14-22-19(2)30(3)26-15-13-21(33-4)17-24(22)26/h5-17H,1-4H3/b16-14-. The summed E-state index contributed by atoms with van der Waals surface area (Å²) < 4.78 is 9.29. The lowest BCUT2D eigenvalue weighted by Gasteiger charge is -2.12. The quantitative estimate of drug-likeness (QED) is 0.365. The van der Waals surface area contributed by atoms with Gasteiger partial charge in [-0.3, -0.25) is 9.36 Å². The Bertz CT molecular complexity index is 1590. The minimum atomic E-state index is -0.0830. The summed E-state index contributed by atoms with van der Waals surface area (Å²) in [5, 5.41) is 1.69. The molecule has 0 saturated carbocycles. The highest BCUT2D eigenvalue weighted by Gasteiger charge is 2.13. The van der Waals surface area contributed by atoms with E-state index in [0.717, 1.165) is 39.2 Å². The van der Waals surface area contributed by atoms with Crippen LogP contribution in [-0.2, 0) is 7.05 Å². The van der Waals surface area contributed by atoms with Gasteiger partial charge in [-0.15, -0.1) is 0 Å². The fourth-order valence-corrected chi connectivity index (χ4v) is 4.28. The Balaban J connectivity index is 1.74. The normalized spacial score (nSPS) is 11.6. The third-order valence-corrected chi connectivity index (χ3v) is 6.24. The molecule has 0 aliphatic carbocycles. The second kappa shape index (κ2) is 8.10. The number of ether oxygens (including phenoxy) is 1. The molecule has 0 spiro atoms. The molecule has 33 heavy (non-hydrogen) atoms. The van der Waals surface area contributed by atoms with Crippen LogP contribution < -0.4 is 10.3 Å². The van der Waals surface area contributed by atoms with Crippen molar-refractivity contribution in [2.45, 2.75) is 13.8 Å². The van der Waals surface area contributed by atoms with Crippen molar-refractivity contribution in [1.29, 1.82) is 0 Å². The molecular formula is C28H25N3O2. The first kappa shape index (κ1) is 20.8. The highest BCUT2D eigenvalue weighted by molar-refractivity contribution is 5.94. The van der Waals surface area contributed by atoms with Crippen molar-refractivity contribution in [2.24, 2.45) is 7.05 Å². The summed E-state index contributed by atoms with van der Waals surface area (Å²) >= 11 is 0. The van der Waals surface area contributed by atoms with Crippen molar-refractivity contribution in [2.75, 3.05) is 7.11 Å². The van der Waals surface area contributed by atoms with E-state index in [4.69, 9.17) is 9.72 Å². The Labute approximate surface area is 192 Å². The number of rotatable bonds is 4. The minimum Gasteiger partial charge on any atom is -0.497 e. The van der Waals surface area contributed by atoms with Gasteiger partial charge < -0.3 is 9.30 Å². The van der Waals surface area contributed by atoms with Crippen LogP contribution in [0.15, 0.2) is 71.5 Å². The van der Waals surface area contributed by atoms with Crippen molar-refractivity contribution in [3.8, 4) is 11.4 Å². The van der Waals surface area contributed by atoms with Crippen LogP contribution in [-0.4, -0.2) is 21.2 Å². The number of fused-ring (bicyclic) bond motifs is 2. The zero-order valence-electron chi connectivity index (χ0n) is 19.2. The van der Waals surface area contributed by atoms with Crippen molar-refractivity contribution >= 4 is 34.0 Å². The molecule has 0 unspecified atom stereocenters. The van der Waals surface area contributed by atoms with Gasteiger partial charge in [0.2, 0.25) is 0 Å². The van der Waals surface area contributed by atoms with E-state index in [-0.39, 0.29) is 5.56 Å². The van der Waals surface area contributed by atoms with Gasteiger partial charge in [0, 0.05) is 29.2 Å². The van der Waals surface area contributed by atoms with E-state index in [0.29, 0.717) is 16.7 Å². The average molecular weight is 436 g/mol. The smallest absolute Gasteiger partial charge is 0.266 e. The first-order valence-corrected chi connectivity index (χ1v) is 10.9. The van der Waals surface area contributed by atoms with Gasteiger partial charge in [0.25, 0.3) is 5.56 Å². The molecule has 5 nitrogen and oxygen atoms in total. The zero-order valence-corrected chi connectivity index (χ0v) is 19.2. The topological polar surface area (TPSA) is 49.0 Å². The van der Waals surface area contributed by atoms with Crippen molar-refractivity contribution < 1.29 is 4.74 Å². The summed E-state index contributed by atoms with van der Waals surface area (Å²) in [6, 6.07) is 21.5. The maximum atomic E-state index is 13.5. The Morgan fingerprint density at radius 2 is 1.67 bits per heavy atom. The summed E-state index contributed by atoms with van der Waals surface area (Å²) in [5.74, 6) is 1.39. The number of aromatic nitrogens is 3. The monoisotopic (exact) mass is 435 g/mol. The average Bonchev–Trinajstić information content (AvgIpc) is 3.07. The van der Waals surface area contributed by atoms with E-state index in [1.807, 2.05) is 79.7 Å². The van der Waals surface area contributed by atoms with Crippen molar-refractivity contribution in [1.82, 2.24) is 14.1 Å². The predicted octanol–water partition coefficient (Wildman–Crippen LogP) is 5.67. The zero-order chi connectivity index (χ0) is 23.1. The van der Waals surface area contributed by atoms with Gasteiger partial charge in [-0.1, -0.05) is 29.8 Å². The summed E-state index contributed by atoms with van der Waals surface area (Å²) in [5.41, 5.74) is 5.85. The summed E-state index contributed by atoms with van der Waals surface area (Å²) in [4.78, 5) is 18.3. The van der Waals surface area contributed by atoms with Gasteiger partial charge in [0.15, 0.2) is 0 Å². The first-order valence-electron chi connectivity index (χ1n) is 10.9. The second-order valence-corrected chi connectivity index (χ2v) is 8.24. The van der Waals surface area contributed by atoms with Gasteiger partial charge in [0.1, 0.15) is 11.6 Å². The molecule has 0 aliphatic rings. The van der Waals surface area contributed by atoms with Crippen LogP contribution >= 0.6 is 0 Å². The lowest BCUT2D eigenvalue weighted by Crippen LogP contribution is -2.22. The number of para-hydroxylation sites is 1. The molecular weight excluding hydrogens is 410 g/mol. The van der Waals surface area contributed by atoms with Gasteiger partial charge in [-0.05, 0) is 68.5 Å². The highest BCUT2D eigenvalue weighted by atomic mass is 16.5. The number of hydrogen-bond donors (Lipinski definition) is 0. The van der Waals surface area contributed by atoms with E-state index in [1.54, 1.807) is 11.7 Å². The second-order valence-electron chi connectivity index (χ2n) is 8.24. The number of nitrogens with zero attached hydrogens (tertiary/aromatic N) is 3. The maximum Gasteiger partial charge on any atom is 0.266 e. The number of aryl methyl sites for hydroxylation is 2. The number of benzene rings is 3. The Hall–Kier alpha value is -4.12. The molecule has 2 aromatic heterocycles. The predicted molar refractivity (Wildman–Crippen MR) is 135 cm³/mol. The Morgan fingerprint density at radius 3 is 2.42 bits per heavy atom. The van der Waals surface area contributed by atoms with Crippen LogP contribution in [0.2, 0.25) is 0 Å². The molecule has 164 valence electrons. The van der Waals surface area contributed by atoms with Crippen LogP contribution in [0.5, 0.6) is 5.75 Å². The summed E-state index contributed by atoms with van der Waals surface area (Å²) in [7, 11) is 3.73. The third kappa shape index (κ3) is 3.52. The van der Waals surface area contributed by atoms with Gasteiger partial charge in [-0.25, -0.2) is 4.98 Å². The van der Waals surface area contributed by atoms with Crippen molar-refractivity contribution in [3.63, 3.8) is 0 Å². The molecule has 2 heterocycles. The molecule has 0 bridgehead atoms. The molecule has 0 radical (unpaired) electrons. The molecule has 0 atom stereocenters. The lowest BCUT2D eigenvalue weighted by atomic mass is 10.1. The fourth-order valence-electron chi connectivity index (χ4n) is 4.28. The molecule has 0 amide bonds. The van der Waals surface area contributed by atoms with E-state index in [9.17, 15) is 4.79 Å². The van der Waals surface area contributed by atoms with Crippen molar-refractivity contribution in [3.05, 3.63) is 99.7 Å². The number of hydrogen-bond acceptors (Lipinski definition) is 3. The maximum absolute atomic E-state index is 13.5. The summed E-state index contributed by atoms with van der Waals surface area (Å²) in [6.07, 6.45) is 3.97. The van der Waals surface area contributed by atoms with Crippen LogP contribution in [0.25, 0.3) is 39.6 Å². The summed E-state index contributed by atoms with van der Waals surface area (Å²) in [6.45, 7) is 4.12. The molecule has 5 aromatic rings. The molecule has 0 saturated heterocycles. The van der Waals surface area contributed by atoms with Gasteiger partial charge >= 0.3 is 0 Å². The van der Waals surface area contributed by atoms with E-state index in [2.05, 4.69) is 24.6 Å². The van der Waals surface area contributed by atoms with Crippen LogP contribution in [0.1, 0.15) is 22.6 Å². The fraction of sp³-hybridized carbons (Fsp3) is 0.143. The van der Waals surface area contributed by atoms with E-state index < -0.39 is 0 Å². The van der Waals surface area contributed by atoms with E-state index >= 15 is 0 Å². The lowest BCUT2D eigenvalue weighted by molar-refractivity contribution is 0.415. The minimum absolute atomic E-state index is 0.0830. The van der Waals surface area contributed by atoms with Crippen LogP contribution in [0.3, 0.4) is 0 Å². The van der Waals surface area contributed by atoms with Crippen LogP contribution in [0.4, 0.5) is 0 Å². The SMILES string of the molecule is COc1ccc2c(c1)c(/C=C\c1nc3ccccc3c(=O)n1-c1ccc(C)cc1)c(C)n2C. The number of methoxy groups -OCH3 is 1. The molecule has 5 heteroatoms. The van der Waals surface area contributed by atoms with E-state index in [1.165, 1.54) is 0 Å². The largest absolute Gasteiger partial charge is 0.497 e. The Kier molecular flexibility index (Phi) is 5.09. The van der Waals surface area contributed by atoms with Crippen LogP contribution in [0, 0.1) is 13.8 Å². The Morgan fingerprint density at radius 1 is 0.909 bits per heavy atom. The van der Waals surface area contributed by atoms with Gasteiger partial charge in [-0.2, -0.15) is 0 Å². The van der Waals surface area contributed by atoms with Gasteiger partial charge in [0.05, 0.1) is 23.7 Å². The molecule has 0 N–H and O–H groups in total. The first-order chi connectivity index (χ1) is 16.0. The highest BCUT2D eigenvalue weighted by Crippen LogP contribution is 2.30. The third-order valence-electron chi connectivity index (χ3n) is 6.24. The molecule has 0 aliphatic heterocycles.